The van der Waals surface area contributed by atoms with Gasteiger partial charge in [0.15, 0.2) is 23.9 Å². The number of carbonyl (C=O) groups is 2. The number of ether oxygens (including phenoxy) is 3. The van der Waals surface area contributed by atoms with Gasteiger partial charge < -0.3 is 19.5 Å². The van der Waals surface area contributed by atoms with Gasteiger partial charge in [-0.15, -0.1) is 0 Å². The molecule has 0 unspecified atom stereocenters. The van der Waals surface area contributed by atoms with Crippen LogP contribution in [0.15, 0.2) is 60.8 Å². The second-order valence-corrected chi connectivity index (χ2v) is 6.09. The fourth-order valence-corrected chi connectivity index (χ4v) is 2.75. The number of amides is 1. The van der Waals surface area contributed by atoms with Crippen molar-refractivity contribution in [1.29, 1.82) is 0 Å². The SMILES string of the molecule is CCOC(=O)c1cnn(-c2ccccc2)c1NC(=O)COc1ccccc1OCC. The molecule has 1 aromatic heterocycles. The fourth-order valence-electron chi connectivity index (χ4n) is 2.75. The van der Waals surface area contributed by atoms with Crippen molar-refractivity contribution in [3.05, 3.63) is 66.4 Å². The molecule has 1 heterocycles. The monoisotopic (exact) mass is 409 g/mol. The van der Waals surface area contributed by atoms with E-state index in [-0.39, 0.29) is 24.6 Å². The Bertz CT molecular complexity index is 1000. The molecule has 156 valence electrons. The van der Waals surface area contributed by atoms with E-state index < -0.39 is 11.9 Å². The second-order valence-electron chi connectivity index (χ2n) is 6.09. The predicted molar refractivity (Wildman–Crippen MR) is 111 cm³/mol. The van der Waals surface area contributed by atoms with Crippen LogP contribution in [0.25, 0.3) is 5.69 Å². The molecular weight excluding hydrogens is 386 g/mol. The summed E-state index contributed by atoms with van der Waals surface area (Å²) in [6, 6.07) is 16.2. The number of rotatable bonds is 9. The van der Waals surface area contributed by atoms with E-state index in [0.29, 0.717) is 23.8 Å². The maximum absolute atomic E-state index is 12.6. The lowest BCUT2D eigenvalue weighted by molar-refractivity contribution is -0.118. The van der Waals surface area contributed by atoms with E-state index in [1.54, 1.807) is 25.1 Å². The molecule has 0 atom stereocenters. The van der Waals surface area contributed by atoms with Gasteiger partial charge in [-0.1, -0.05) is 30.3 Å². The topological polar surface area (TPSA) is 91.7 Å². The lowest BCUT2D eigenvalue weighted by atomic mass is 10.3. The Hall–Kier alpha value is -3.81. The van der Waals surface area contributed by atoms with Crippen LogP contribution in [0.4, 0.5) is 5.82 Å². The van der Waals surface area contributed by atoms with Crippen molar-refractivity contribution in [2.45, 2.75) is 13.8 Å². The van der Waals surface area contributed by atoms with Gasteiger partial charge in [0.1, 0.15) is 5.56 Å². The molecule has 0 bridgehead atoms. The van der Waals surface area contributed by atoms with Crippen molar-refractivity contribution in [1.82, 2.24) is 9.78 Å². The van der Waals surface area contributed by atoms with Crippen LogP contribution in [0.5, 0.6) is 11.5 Å². The van der Waals surface area contributed by atoms with E-state index in [4.69, 9.17) is 14.2 Å². The molecule has 3 aromatic rings. The normalized spacial score (nSPS) is 10.3. The Kier molecular flexibility index (Phi) is 7.05. The molecule has 0 aliphatic carbocycles. The van der Waals surface area contributed by atoms with Gasteiger partial charge in [-0.2, -0.15) is 5.10 Å². The molecule has 8 nitrogen and oxygen atoms in total. The molecule has 0 aliphatic rings. The summed E-state index contributed by atoms with van der Waals surface area (Å²) in [6.45, 7) is 3.99. The summed E-state index contributed by atoms with van der Waals surface area (Å²) in [5.74, 6) is 0.194. The number of nitrogens with zero attached hydrogens (tertiary/aromatic N) is 2. The third kappa shape index (κ3) is 4.96. The summed E-state index contributed by atoms with van der Waals surface area (Å²) >= 11 is 0. The number of para-hydroxylation sites is 3. The lowest BCUT2D eigenvalue weighted by Gasteiger charge is -2.13. The average molecular weight is 409 g/mol. The van der Waals surface area contributed by atoms with E-state index in [0.717, 1.165) is 0 Å². The number of carbonyl (C=O) groups excluding carboxylic acids is 2. The number of benzene rings is 2. The van der Waals surface area contributed by atoms with E-state index in [1.165, 1.54) is 10.9 Å². The van der Waals surface area contributed by atoms with Crippen LogP contribution in [0, 0.1) is 0 Å². The highest BCUT2D eigenvalue weighted by Crippen LogP contribution is 2.26. The van der Waals surface area contributed by atoms with Gasteiger partial charge in [-0.25, -0.2) is 9.48 Å². The third-order valence-electron chi connectivity index (χ3n) is 4.03. The molecule has 0 saturated carbocycles. The summed E-state index contributed by atoms with van der Waals surface area (Å²) < 4.78 is 17.7. The van der Waals surface area contributed by atoms with Crippen LogP contribution in [0.3, 0.4) is 0 Å². The Morgan fingerprint density at radius 2 is 1.60 bits per heavy atom. The molecule has 0 saturated heterocycles. The Balaban J connectivity index is 1.80. The number of hydrogen-bond acceptors (Lipinski definition) is 6. The van der Waals surface area contributed by atoms with Gasteiger partial charge in [0.05, 0.1) is 25.1 Å². The Morgan fingerprint density at radius 3 is 2.27 bits per heavy atom. The highest BCUT2D eigenvalue weighted by molar-refractivity contribution is 6.01. The molecule has 0 spiro atoms. The highest BCUT2D eigenvalue weighted by Gasteiger charge is 2.21. The van der Waals surface area contributed by atoms with Crippen molar-refractivity contribution in [3.63, 3.8) is 0 Å². The van der Waals surface area contributed by atoms with Crippen LogP contribution in [-0.2, 0) is 9.53 Å². The lowest BCUT2D eigenvalue weighted by Crippen LogP contribution is -2.23. The van der Waals surface area contributed by atoms with Crippen molar-refractivity contribution >= 4 is 17.7 Å². The maximum atomic E-state index is 12.6. The summed E-state index contributed by atoms with van der Waals surface area (Å²) in [5.41, 5.74) is 0.842. The molecule has 0 fully saturated rings. The summed E-state index contributed by atoms with van der Waals surface area (Å²) in [6.07, 6.45) is 1.37. The van der Waals surface area contributed by atoms with E-state index in [1.807, 2.05) is 43.3 Å². The van der Waals surface area contributed by atoms with Gasteiger partial charge >= 0.3 is 5.97 Å². The highest BCUT2D eigenvalue weighted by atomic mass is 16.5. The molecule has 8 heteroatoms. The average Bonchev–Trinajstić information content (AvgIpc) is 3.17. The molecule has 1 N–H and O–H groups in total. The Labute approximate surface area is 174 Å². The standard InChI is InChI=1S/C22H23N3O5/c1-3-28-18-12-8-9-13-19(18)30-15-20(26)24-21-17(22(27)29-4-2)14-23-25(21)16-10-6-5-7-11-16/h5-14H,3-4,15H2,1-2H3,(H,24,26). The summed E-state index contributed by atoms with van der Waals surface area (Å²) in [7, 11) is 0. The van der Waals surface area contributed by atoms with Crippen LogP contribution < -0.4 is 14.8 Å². The minimum atomic E-state index is -0.572. The third-order valence-corrected chi connectivity index (χ3v) is 4.03. The number of nitrogens with one attached hydrogen (secondary N) is 1. The number of anilines is 1. The van der Waals surface area contributed by atoms with Crippen molar-refractivity contribution < 1.29 is 23.8 Å². The van der Waals surface area contributed by atoms with E-state index >= 15 is 0 Å². The molecule has 0 radical (unpaired) electrons. The quantitative estimate of drug-likeness (QED) is 0.544. The van der Waals surface area contributed by atoms with Crippen LogP contribution in [0.2, 0.25) is 0 Å². The number of aromatic nitrogens is 2. The van der Waals surface area contributed by atoms with Crippen LogP contribution >= 0.6 is 0 Å². The van der Waals surface area contributed by atoms with Crippen molar-refractivity contribution in [2.75, 3.05) is 25.1 Å². The zero-order valence-corrected chi connectivity index (χ0v) is 16.8. The molecule has 30 heavy (non-hydrogen) atoms. The first-order valence-corrected chi connectivity index (χ1v) is 9.59. The van der Waals surface area contributed by atoms with Gasteiger partial charge in [-0.05, 0) is 38.1 Å². The zero-order chi connectivity index (χ0) is 21.3. The van der Waals surface area contributed by atoms with Crippen molar-refractivity contribution in [3.8, 4) is 17.2 Å². The number of esters is 1. The maximum Gasteiger partial charge on any atom is 0.343 e. The van der Waals surface area contributed by atoms with Crippen molar-refractivity contribution in [2.24, 2.45) is 0 Å². The van der Waals surface area contributed by atoms with E-state index in [2.05, 4.69) is 10.4 Å². The van der Waals surface area contributed by atoms with E-state index in [9.17, 15) is 9.59 Å². The first-order chi connectivity index (χ1) is 14.6. The minimum absolute atomic E-state index is 0.156. The molecule has 1 amide bonds. The summed E-state index contributed by atoms with van der Waals surface area (Å²) in [4.78, 5) is 24.9. The summed E-state index contributed by atoms with van der Waals surface area (Å²) in [5, 5.41) is 6.95. The number of hydrogen-bond donors (Lipinski definition) is 1. The van der Waals surface area contributed by atoms with Gasteiger partial charge in [0, 0.05) is 0 Å². The Morgan fingerprint density at radius 1 is 0.933 bits per heavy atom. The van der Waals surface area contributed by atoms with Gasteiger partial charge in [0.25, 0.3) is 5.91 Å². The molecule has 2 aromatic carbocycles. The fraction of sp³-hybridized carbons (Fsp3) is 0.227. The van der Waals surface area contributed by atoms with Gasteiger partial charge in [-0.3, -0.25) is 4.79 Å². The largest absolute Gasteiger partial charge is 0.490 e. The molecular formula is C22H23N3O5. The first kappa shape index (κ1) is 20.9. The first-order valence-electron chi connectivity index (χ1n) is 9.59. The minimum Gasteiger partial charge on any atom is -0.490 e. The molecule has 3 rings (SSSR count). The molecule has 0 aliphatic heterocycles. The van der Waals surface area contributed by atoms with Crippen LogP contribution in [-0.4, -0.2) is 41.5 Å². The predicted octanol–water partition coefficient (Wildman–Crippen LogP) is 3.47. The van der Waals surface area contributed by atoms with Crippen LogP contribution in [0.1, 0.15) is 24.2 Å². The smallest absolute Gasteiger partial charge is 0.343 e. The zero-order valence-electron chi connectivity index (χ0n) is 16.8. The second kappa shape index (κ2) is 10.1. The van der Waals surface area contributed by atoms with Gasteiger partial charge in [0.2, 0.25) is 0 Å².